The van der Waals surface area contributed by atoms with Crippen LogP contribution in [0.4, 0.5) is 13.2 Å². The minimum Gasteiger partial charge on any atom is -0.340 e. The molecular formula is C20H22F3N3OS2. The molecule has 2 aromatic rings. The molecule has 4 rings (SSSR count). The molecule has 1 unspecified atom stereocenters. The van der Waals surface area contributed by atoms with Gasteiger partial charge in [0, 0.05) is 42.1 Å². The summed E-state index contributed by atoms with van der Waals surface area (Å²) in [6.45, 7) is 3.10. The van der Waals surface area contributed by atoms with Gasteiger partial charge in [-0.3, -0.25) is 9.69 Å². The Kier molecular flexibility index (Phi) is 6.17. The lowest BCUT2D eigenvalue weighted by Gasteiger charge is -2.32. The molecule has 1 aromatic heterocycles. The van der Waals surface area contributed by atoms with Crippen LogP contribution in [0.3, 0.4) is 0 Å². The Morgan fingerprint density at radius 3 is 2.55 bits per heavy atom. The minimum absolute atomic E-state index is 0.0886. The number of aromatic nitrogens is 1. The van der Waals surface area contributed by atoms with E-state index in [4.69, 9.17) is 0 Å². The van der Waals surface area contributed by atoms with Gasteiger partial charge in [0.2, 0.25) is 5.91 Å². The molecular weight excluding hydrogens is 419 g/mol. The van der Waals surface area contributed by atoms with E-state index in [1.807, 2.05) is 22.0 Å². The van der Waals surface area contributed by atoms with E-state index >= 15 is 0 Å². The predicted molar refractivity (Wildman–Crippen MR) is 110 cm³/mol. The Hall–Kier alpha value is -1.58. The molecule has 29 heavy (non-hydrogen) atoms. The van der Waals surface area contributed by atoms with Crippen LogP contribution in [0.1, 0.15) is 24.1 Å². The highest BCUT2D eigenvalue weighted by molar-refractivity contribution is 7.99. The summed E-state index contributed by atoms with van der Waals surface area (Å²) in [6, 6.07) is 5.00. The number of carbonyl (C=O) groups excluding carboxylic acids is 1. The van der Waals surface area contributed by atoms with E-state index in [-0.39, 0.29) is 11.9 Å². The molecule has 0 N–H and O–H groups in total. The van der Waals surface area contributed by atoms with Crippen LogP contribution in [-0.4, -0.2) is 57.9 Å². The first-order valence-electron chi connectivity index (χ1n) is 9.64. The van der Waals surface area contributed by atoms with Crippen molar-refractivity contribution >= 4 is 29.0 Å². The summed E-state index contributed by atoms with van der Waals surface area (Å²) in [5.41, 5.74) is 0.875. The molecule has 2 aliphatic heterocycles. The van der Waals surface area contributed by atoms with Crippen molar-refractivity contribution in [1.82, 2.24) is 14.8 Å². The molecule has 156 valence electrons. The second-order valence-electron chi connectivity index (χ2n) is 7.29. The second kappa shape index (κ2) is 8.65. The van der Waals surface area contributed by atoms with Gasteiger partial charge >= 0.3 is 6.18 Å². The first-order chi connectivity index (χ1) is 13.9. The molecule has 1 aromatic carbocycles. The van der Waals surface area contributed by atoms with Gasteiger partial charge < -0.3 is 4.90 Å². The van der Waals surface area contributed by atoms with Crippen LogP contribution in [0.2, 0.25) is 0 Å². The summed E-state index contributed by atoms with van der Waals surface area (Å²) in [5, 5.41) is 2.63. The highest BCUT2D eigenvalue weighted by atomic mass is 32.2. The van der Waals surface area contributed by atoms with Crippen molar-refractivity contribution in [1.29, 1.82) is 0 Å². The number of hydrogen-bond donors (Lipinski definition) is 0. The zero-order valence-corrected chi connectivity index (χ0v) is 17.5. The number of thiazole rings is 1. The largest absolute Gasteiger partial charge is 0.416 e. The fourth-order valence-corrected chi connectivity index (χ4v) is 5.53. The van der Waals surface area contributed by atoms with Crippen LogP contribution in [0, 0.1) is 0 Å². The van der Waals surface area contributed by atoms with Crippen molar-refractivity contribution in [3.05, 3.63) is 40.9 Å². The van der Waals surface area contributed by atoms with Gasteiger partial charge in [0.1, 0.15) is 5.01 Å². The number of thioether (sulfide) groups is 1. The quantitative estimate of drug-likeness (QED) is 0.706. The molecule has 0 radical (unpaired) electrons. The lowest BCUT2D eigenvalue weighted by molar-refractivity contribution is -0.137. The van der Waals surface area contributed by atoms with Gasteiger partial charge in [-0.25, -0.2) is 4.98 Å². The predicted octanol–water partition coefficient (Wildman–Crippen LogP) is 4.37. The van der Waals surface area contributed by atoms with Gasteiger partial charge in [-0.15, -0.1) is 11.3 Å². The maximum atomic E-state index is 12.9. The second-order valence-corrected chi connectivity index (χ2v) is 9.37. The minimum atomic E-state index is -4.34. The van der Waals surface area contributed by atoms with E-state index < -0.39 is 11.7 Å². The molecule has 0 aliphatic carbocycles. The molecule has 4 nitrogen and oxygen atoms in total. The summed E-state index contributed by atoms with van der Waals surface area (Å²) < 4.78 is 38.2. The van der Waals surface area contributed by atoms with Crippen molar-refractivity contribution in [2.75, 3.05) is 31.1 Å². The smallest absolute Gasteiger partial charge is 0.340 e. The number of amides is 1. The number of likely N-dealkylation sites (tertiary alicyclic amines) is 1. The standard InChI is InChI=1S/C20H22F3N3OS2/c21-20(22,23)15-5-3-14(4-6-15)18-24-16(13-29-18)12-26-7-1-2-17(26)19(27)25-8-10-28-11-9-25/h3-6,13,17H,1-2,7-12H2. The van der Waals surface area contributed by atoms with Crippen LogP contribution < -0.4 is 0 Å². The number of nitrogens with zero attached hydrogens (tertiary/aromatic N) is 3. The third-order valence-corrected chi connectivity index (χ3v) is 7.23. The number of alkyl halides is 3. The fourth-order valence-electron chi connectivity index (χ4n) is 3.81. The molecule has 2 saturated heterocycles. The number of rotatable bonds is 4. The summed E-state index contributed by atoms with van der Waals surface area (Å²) >= 11 is 3.31. The Morgan fingerprint density at radius 1 is 1.14 bits per heavy atom. The van der Waals surface area contributed by atoms with Crippen LogP contribution in [-0.2, 0) is 17.5 Å². The third kappa shape index (κ3) is 4.78. The topological polar surface area (TPSA) is 36.4 Å². The molecule has 1 amide bonds. The zero-order valence-electron chi connectivity index (χ0n) is 15.8. The van der Waals surface area contributed by atoms with Crippen molar-refractivity contribution in [3.63, 3.8) is 0 Å². The van der Waals surface area contributed by atoms with Gasteiger partial charge in [0.25, 0.3) is 0 Å². The molecule has 0 saturated carbocycles. The highest BCUT2D eigenvalue weighted by Crippen LogP contribution is 2.32. The van der Waals surface area contributed by atoms with Gasteiger partial charge in [-0.05, 0) is 31.5 Å². The summed E-state index contributed by atoms with van der Waals surface area (Å²) in [5.74, 6) is 2.23. The van der Waals surface area contributed by atoms with Crippen molar-refractivity contribution in [3.8, 4) is 10.6 Å². The van der Waals surface area contributed by atoms with Crippen molar-refractivity contribution in [2.45, 2.75) is 31.6 Å². The van der Waals surface area contributed by atoms with Gasteiger partial charge in [-0.1, -0.05) is 12.1 Å². The van der Waals surface area contributed by atoms with Gasteiger partial charge in [-0.2, -0.15) is 24.9 Å². The Morgan fingerprint density at radius 2 is 1.86 bits per heavy atom. The number of hydrogen-bond acceptors (Lipinski definition) is 5. The van der Waals surface area contributed by atoms with Crippen LogP contribution in [0.15, 0.2) is 29.6 Å². The van der Waals surface area contributed by atoms with Crippen molar-refractivity contribution < 1.29 is 18.0 Å². The van der Waals surface area contributed by atoms with Crippen LogP contribution in [0.5, 0.6) is 0 Å². The Balaban J connectivity index is 1.42. The highest BCUT2D eigenvalue weighted by Gasteiger charge is 2.34. The van der Waals surface area contributed by atoms with Crippen LogP contribution >= 0.6 is 23.1 Å². The molecule has 2 aliphatic rings. The third-order valence-electron chi connectivity index (χ3n) is 5.35. The Bertz CT molecular complexity index is 847. The monoisotopic (exact) mass is 441 g/mol. The van der Waals surface area contributed by atoms with E-state index in [0.29, 0.717) is 17.1 Å². The maximum Gasteiger partial charge on any atom is 0.416 e. The average Bonchev–Trinajstić information content (AvgIpc) is 3.38. The Labute approximate surface area is 176 Å². The molecule has 1 atom stereocenters. The summed E-state index contributed by atoms with van der Waals surface area (Å²) in [6.07, 6.45) is -2.47. The summed E-state index contributed by atoms with van der Waals surface area (Å²) in [4.78, 5) is 21.7. The molecule has 9 heteroatoms. The lowest BCUT2D eigenvalue weighted by atomic mass is 10.1. The van der Waals surface area contributed by atoms with Crippen molar-refractivity contribution in [2.24, 2.45) is 0 Å². The van der Waals surface area contributed by atoms with Gasteiger partial charge in [0.15, 0.2) is 0 Å². The molecule has 3 heterocycles. The lowest BCUT2D eigenvalue weighted by Crippen LogP contribution is -2.48. The van der Waals surface area contributed by atoms with Crippen LogP contribution in [0.25, 0.3) is 10.6 Å². The SMILES string of the molecule is O=C(C1CCCN1Cc1csc(-c2ccc(C(F)(F)F)cc2)n1)N1CCSCC1. The number of halogens is 3. The number of carbonyl (C=O) groups is 1. The van der Waals surface area contributed by atoms with E-state index in [1.165, 1.54) is 23.5 Å². The molecule has 0 bridgehead atoms. The first kappa shape index (κ1) is 20.7. The summed E-state index contributed by atoms with van der Waals surface area (Å²) in [7, 11) is 0. The molecule has 2 fully saturated rings. The maximum absolute atomic E-state index is 12.9. The van der Waals surface area contributed by atoms with E-state index in [2.05, 4.69) is 9.88 Å². The normalized spacial score (nSPS) is 20.9. The fraction of sp³-hybridized carbons (Fsp3) is 0.500. The first-order valence-corrected chi connectivity index (χ1v) is 11.7. The van der Waals surface area contributed by atoms with Gasteiger partial charge in [0.05, 0.1) is 17.3 Å². The average molecular weight is 442 g/mol. The number of benzene rings is 1. The van der Waals surface area contributed by atoms with E-state index in [9.17, 15) is 18.0 Å². The molecule has 0 spiro atoms. The van der Waals surface area contributed by atoms with E-state index in [1.54, 1.807) is 0 Å². The zero-order chi connectivity index (χ0) is 20.4. The van der Waals surface area contributed by atoms with E-state index in [0.717, 1.165) is 61.8 Å².